The van der Waals surface area contributed by atoms with E-state index in [-0.39, 0.29) is 68.2 Å². The molecule has 0 aliphatic heterocycles. The van der Waals surface area contributed by atoms with Crippen molar-refractivity contribution in [1.82, 2.24) is 9.13 Å². The van der Waals surface area contributed by atoms with Crippen LogP contribution < -0.4 is 0 Å². The van der Waals surface area contributed by atoms with Crippen LogP contribution in [-0.2, 0) is 37.1 Å². The summed E-state index contributed by atoms with van der Waals surface area (Å²) >= 11 is 0. The van der Waals surface area contributed by atoms with Gasteiger partial charge in [-0.25, -0.2) is 4.85 Å². The monoisotopic (exact) mass is 1070 g/mol. The Balaban J connectivity index is 1.36. The Bertz CT molecular complexity index is 3980. The predicted molar refractivity (Wildman–Crippen MR) is 248 cm³/mol. The normalized spacial score (nSPS) is 13.1. The van der Waals surface area contributed by atoms with E-state index < -0.39 is 98.4 Å². The van der Waals surface area contributed by atoms with Crippen molar-refractivity contribution in [1.29, 1.82) is 0 Å². The highest BCUT2D eigenvalue weighted by atomic mass is 19.4. The summed E-state index contributed by atoms with van der Waals surface area (Å²) in [6.07, 6.45) is -31.9. The molecular formula is C55H25F18N3. The lowest BCUT2D eigenvalue weighted by Crippen LogP contribution is -2.12. The fourth-order valence-corrected chi connectivity index (χ4v) is 9.48. The van der Waals surface area contributed by atoms with E-state index in [9.17, 15) is 65.9 Å². The largest absolute Gasteiger partial charge is 0.416 e. The van der Waals surface area contributed by atoms with E-state index in [0.717, 1.165) is 12.1 Å². The number of hydrogen-bond acceptors (Lipinski definition) is 0. The van der Waals surface area contributed by atoms with E-state index in [1.807, 2.05) is 0 Å². The summed E-state index contributed by atoms with van der Waals surface area (Å²) in [5, 5.41) is 1.26. The maximum absolute atomic E-state index is 15.0. The second-order valence-electron chi connectivity index (χ2n) is 17.5. The number of alkyl halides is 18. The topological polar surface area (TPSA) is 14.2 Å². The Morgan fingerprint density at radius 2 is 0.684 bits per heavy atom. The Labute approximate surface area is 414 Å². The van der Waals surface area contributed by atoms with Crippen molar-refractivity contribution in [3.05, 3.63) is 196 Å². The van der Waals surface area contributed by atoms with Crippen LogP contribution in [-0.4, -0.2) is 9.13 Å². The third kappa shape index (κ3) is 8.98. The minimum atomic E-state index is -5.50. The van der Waals surface area contributed by atoms with Gasteiger partial charge in [0.05, 0.1) is 73.4 Å². The van der Waals surface area contributed by atoms with Crippen LogP contribution in [0, 0.1) is 6.57 Å². The van der Waals surface area contributed by atoms with E-state index in [1.54, 1.807) is 24.3 Å². The summed E-state index contributed by atoms with van der Waals surface area (Å²) in [4.78, 5) is 3.50. The Kier molecular flexibility index (Phi) is 11.6. The van der Waals surface area contributed by atoms with Gasteiger partial charge in [-0.15, -0.1) is 0 Å². The second kappa shape index (κ2) is 17.3. The molecule has 0 spiro atoms. The zero-order valence-electron chi connectivity index (χ0n) is 37.6. The van der Waals surface area contributed by atoms with Crippen LogP contribution in [0.2, 0.25) is 0 Å². The molecule has 0 saturated heterocycles. The molecule has 0 bridgehead atoms. The van der Waals surface area contributed by atoms with Crippen LogP contribution in [0.25, 0.3) is 93.2 Å². The number of fused-ring (bicyclic) bond motifs is 6. The van der Waals surface area contributed by atoms with E-state index in [4.69, 9.17) is 6.57 Å². The number of para-hydroxylation sites is 2. The van der Waals surface area contributed by atoms with Crippen LogP contribution >= 0.6 is 0 Å². The van der Waals surface area contributed by atoms with Gasteiger partial charge in [0.15, 0.2) is 5.69 Å². The Morgan fingerprint density at radius 3 is 1.07 bits per heavy atom. The summed E-state index contributed by atoms with van der Waals surface area (Å²) in [7, 11) is 0. The first-order valence-electron chi connectivity index (χ1n) is 21.9. The van der Waals surface area contributed by atoms with Gasteiger partial charge < -0.3 is 9.13 Å². The van der Waals surface area contributed by atoms with E-state index in [1.165, 1.54) is 69.8 Å². The fraction of sp³-hybridized carbons (Fsp3) is 0.109. The quantitative estimate of drug-likeness (QED) is 0.120. The van der Waals surface area contributed by atoms with Crippen molar-refractivity contribution in [2.24, 2.45) is 0 Å². The van der Waals surface area contributed by atoms with E-state index in [0.29, 0.717) is 52.6 Å². The molecule has 0 radical (unpaired) electrons. The highest BCUT2D eigenvalue weighted by Crippen LogP contribution is 2.49. The maximum Gasteiger partial charge on any atom is 0.416 e. The minimum absolute atomic E-state index is 0.0187. The molecule has 2 aromatic heterocycles. The van der Waals surface area contributed by atoms with Crippen LogP contribution in [0.1, 0.15) is 33.4 Å². The van der Waals surface area contributed by atoms with Crippen molar-refractivity contribution >= 4 is 49.3 Å². The van der Waals surface area contributed by atoms with Crippen molar-refractivity contribution in [2.75, 3.05) is 0 Å². The first-order chi connectivity index (χ1) is 35.4. The number of halogens is 18. The number of rotatable bonds is 5. The predicted octanol–water partition coefficient (Wildman–Crippen LogP) is 19.5. The van der Waals surface area contributed by atoms with Crippen molar-refractivity contribution < 1.29 is 79.0 Å². The highest BCUT2D eigenvalue weighted by molar-refractivity contribution is 6.13. The molecule has 10 rings (SSSR count). The van der Waals surface area contributed by atoms with Crippen molar-refractivity contribution in [2.45, 2.75) is 37.1 Å². The van der Waals surface area contributed by atoms with Crippen LogP contribution in [0.4, 0.5) is 84.7 Å². The second-order valence-corrected chi connectivity index (χ2v) is 17.5. The highest BCUT2D eigenvalue weighted by Gasteiger charge is 2.41. The molecule has 0 saturated carbocycles. The average molecular weight is 1070 g/mol. The van der Waals surface area contributed by atoms with E-state index >= 15 is 13.2 Å². The molecule has 0 amide bonds. The maximum atomic E-state index is 15.0. The van der Waals surface area contributed by atoms with Gasteiger partial charge in [0, 0.05) is 21.5 Å². The van der Waals surface area contributed by atoms with Gasteiger partial charge in [0.25, 0.3) is 0 Å². The van der Waals surface area contributed by atoms with Crippen LogP contribution in [0.3, 0.4) is 0 Å². The number of nitrogens with zero attached hydrogens (tertiary/aromatic N) is 3. The lowest BCUT2D eigenvalue weighted by molar-refractivity contribution is -0.144. The third-order valence-electron chi connectivity index (χ3n) is 12.8. The lowest BCUT2D eigenvalue weighted by Gasteiger charge is -2.22. The molecule has 21 heteroatoms. The number of hydrogen-bond donors (Lipinski definition) is 0. The van der Waals surface area contributed by atoms with Gasteiger partial charge in [-0.1, -0.05) is 66.7 Å². The van der Waals surface area contributed by atoms with Gasteiger partial charge in [-0.3, -0.25) is 0 Å². The Morgan fingerprint density at radius 1 is 0.303 bits per heavy atom. The molecule has 0 atom stereocenters. The first-order valence-corrected chi connectivity index (χ1v) is 21.9. The van der Waals surface area contributed by atoms with E-state index in [2.05, 4.69) is 4.85 Å². The molecular weight excluding hydrogens is 1040 g/mol. The molecule has 0 aliphatic carbocycles. The smallest absolute Gasteiger partial charge is 0.308 e. The molecule has 0 fully saturated rings. The summed E-state index contributed by atoms with van der Waals surface area (Å²) in [6, 6.07) is 24.5. The summed E-state index contributed by atoms with van der Waals surface area (Å²) in [5.74, 6) is 0. The van der Waals surface area contributed by atoms with Gasteiger partial charge in [-0.05, 0) is 118 Å². The summed E-state index contributed by atoms with van der Waals surface area (Å²) < 4.78 is 260. The summed E-state index contributed by atoms with van der Waals surface area (Å²) in [6.45, 7) is 8.29. The Hall–Kier alpha value is -8.41. The summed E-state index contributed by atoms with van der Waals surface area (Å²) in [5.41, 5.74) is -13.9. The van der Waals surface area contributed by atoms with Crippen molar-refractivity contribution in [3.63, 3.8) is 0 Å². The van der Waals surface area contributed by atoms with Gasteiger partial charge >= 0.3 is 37.1 Å². The molecule has 2 heterocycles. The number of aromatic nitrogens is 2. The molecule has 3 nitrogen and oxygen atoms in total. The lowest BCUT2D eigenvalue weighted by atomic mass is 9.94. The zero-order valence-corrected chi connectivity index (χ0v) is 37.6. The molecule has 386 valence electrons. The third-order valence-corrected chi connectivity index (χ3v) is 12.8. The van der Waals surface area contributed by atoms with Gasteiger partial charge in [0.2, 0.25) is 0 Å². The van der Waals surface area contributed by atoms with Gasteiger partial charge in [0.1, 0.15) is 0 Å². The fourth-order valence-electron chi connectivity index (χ4n) is 9.48. The molecule has 0 unspecified atom stereocenters. The molecule has 0 aliphatic rings. The molecule has 8 aromatic carbocycles. The van der Waals surface area contributed by atoms with Crippen LogP contribution in [0.5, 0.6) is 0 Å². The molecule has 76 heavy (non-hydrogen) atoms. The minimum Gasteiger partial charge on any atom is -0.308 e. The van der Waals surface area contributed by atoms with Crippen LogP contribution in [0.15, 0.2) is 152 Å². The standard InChI is InChI=1S/C55H25F18N3/c1-74-43-26-49(76-45-9-5-3-7-38(45)40-14-11-28(21-47(40)76)30-18-34(53(65,66)67)23-35(19-30)54(68,69)70)48(25-41(43)36-15-12-31(50(56,57)58)24-42(36)55(71,72)73)75-44-8-4-2-6-37(44)39-13-10-27(20-46(39)75)29-16-32(51(59,60)61)22-33(17-29)52(62,63)64/h2-26H. The first kappa shape index (κ1) is 51.1. The van der Waals surface area contributed by atoms with Crippen molar-refractivity contribution in [3.8, 4) is 44.8 Å². The average Bonchev–Trinajstić information content (AvgIpc) is 3.93. The molecule has 0 N–H and O–H groups in total. The number of benzene rings is 8. The SMILES string of the molecule is [C-]#[N+]c1cc(-n2c3ccccc3c3ccc(-c4cc(C(F)(F)F)cc(C(F)(F)F)c4)cc32)c(-n2c3ccccc3c3ccc(-c4cc(C(F)(F)F)cc(C(F)(F)F)c4)cc32)cc1-c1ccc(C(F)(F)F)cc1C(F)(F)F. The molecule has 10 aromatic rings. The zero-order chi connectivity index (χ0) is 54.8. The van der Waals surface area contributed by atoms with Gasteiger partial charge in [-0.2, -0.15) is 79.0 Å².